The molecular weight excluding hydrogens is 435 g/mol. The second-order valence-corrected chi connectivity index (χ2v) is 8.33. The Morgan fingerprint density at radius 3 is 2.91 bits per heavy atom. The average molecular weight is 457 g/mol. The van der Waals surface area contributed by atoms with Gasteiger partial charge in [0, 0.05) is 18.5 Å². The summed E-state index contributed by atoms with van der Waals surface area (Å²) in [6, 6.07) is 7.98. The number of amides is 1. The summed E-state index contributed by atoms with van der Waals surface area (Å²) in [5.41, 5.74) is 1.46. The highest BCUT2D eigenvalue weighted by molar-refractivity contribution is 6.32. The summed E-state index contributed by atoms with van der Waals surface area (Å²) < 4.78 is 27.6. The third-order valence-electron chi connectivity index (χ3n) is 5.63. The average Bonchev–Trinajstić information content (AvgIpc) is 3.03. The third-order valence-corrected chi connectivity index (χ3v) is 5.91. The Morgan fingerprint density at radius 1 is 1.12 bits per heavy atom. The van der Waals surface area contributed by atoms with Crippen LogP contribution in [0.3, 0.4) is 0 Å². The van der Waals surface area contributed by atoms with Crippen LogP contribution in [0.15, 0.2) is 30.3 Å². The molecule has 0 bridgehead atoms. The van der Waals surface area contributed by atoms with Crippen molar-refractivity contribution in [3.8, 4) is 22.9 Å². The fourth-order valence-corrected chi connectivity index (χ4v) is 4.39. The quantitative estimate of drug-likeness (QED) is 0.629. The van der Waals surface area contributed by atoms with Crippen LogP contribution in [0.1, 0.15) is 30.7 Å². The van der Waals surface area contributed by atoms with E-state index in [-0.39, 0.29) is 18.0 Å². The second kappa shape index (κ2) is 8.78. The number of ether oxygens (including phenoxy) is 2. The molecule has 0 saturated heterocycles. The smallest absolute Gasteiger partial charge is 0.228 e. The van der Waals surface area contributed by atoms with Crippen LogP contribution < -0.4 is 14.8 Å². The Kier molecular flexibility index (Phi) is 5.70. The first-order valence-corrected chi connectivity index (χ1v) is 11.1. The summed E-state index contributed by atoms with van der Waals surface area (Å²) in [5, 5.41) is 11.7. The molecule has 3 aromatic rings. The van der Waals surface area contributed by atoms with Gasteiger partial charge >= 0.3 is 0 Å². The van der Waals surface area contributed by atoms with Crippen LogP contribution in [-0.2, 0) is 24.2 Å². The lowest BCUT2D eigenvalue weighted by Gasteiger charge is -2.20. The number of aromatic nitrogens is 3. The molecule has 0 atom stereocenters. The maximum atomic E-state index is 14.5. The summed E-state index contributed by atoms with van der Waals surface area (Å²) in [6.45, 7) is 1.68. The van der Waals surface area contributed by atoms with E-state index in [9.17, 15) is 9.18 Å². The van der Waals surface area contributed by atoms with Crippen LogP contribution in [0.4, 0.5) is 10.1 Å². The Morgan fingerprint density at radius 2 is 2.00 bits per heavy atom. The number of halogens is 2. The fourth-order valence-electron chi connectivity index (χ4n) is 4.10. The second-order valence-electron chi connectivity index (χ2n) is 7.92. The van der Waals surface area contributed by atoms with E-state index in [1.54, 1.807) is 24.3 Å². The van der Waals surface area contributed by atoms with Crippen LogP contribution in [0, 0.1) is 5.82 Å². The van der Waals surface area contributed by atoms with E-state index in [1.165, 1.54) is 6.07 Å². The van der Waals surface area contributed by atoms with Crippen LogP contribution >= 0.6 is 11.6 Å². The predicted octanol–water partition coefficient (Wildman–Crippen LogP) is 4.42. The number of hydrogen-bond acceptors (Lipinski definition) is 5. The number of nitrogens with one attached hydrogen (secondary N) is 1. The van der Waals surface area contributed by atoms with Gasteiger partial charge < -0.3 is 19.4 Å². The largest absolute Gasteiger partial charge is 0.486 e. The molecule has 32 heavy (non-hydrogen) atoms. The molecule has 1 aromatic heterocycles. The maximum Gasteiger partial charge on any atom is 0.228 e. The highest BCUT2D eigenvalue weighted by Gasteiger charge is 2.20. The van der Waals surface area contributed by atoms with Crippen LogP contribution in [0.2, 0.25) is 5.02 Å². The van der Waals surface area contributed by atoms with Gasteiger partial charge in [0.15, 0.2) is 17.3 Å². The molecule has 0 fully saturated rings. The van der Waals surface area contributed by atoms with Crippen LogP contribution in [0.25, 0.3) is 11.4 Å². The standard InChI is InChI=1S/C23H22ClFN4O3/c24-16-10-14(11-19-22(16)32-9-8-31-19)12-21(30)26-18-13-15(5-6-17(18)25)23-28-27-20-4-2-1-3-7-29(20)23/h5-6,10-11,13H,1-4,7-9,12H2,(H,26,30). The van der Waals surface area contributed by atoms with Crippen molar-refractivity contribution in [1.29, 1.82) is 0 Å². The maximum absolute atomic E-state index is 14.5. The van der Waals surface area contributed by atoms with Crippen molar-refractivity contribution in [2.75, 3.05) is 18.5 Å². The molecule has 0 spiro atoms. The van der Waals surface area contributed by atoms with Gasteiger partial charge in [-0.3, -0.25) is 4.79 Å². The molecule has 7 nitrogen and oxygen atoms in total. The first kappa shape index (κ1) is 20.8. The van der Waals surface area contributed by atoms with E-state index >= 15 is 0 Å². The number of rotatable bonds is 4. The number of anilines is 1. The van der Waals surface area contributed by atoms with Crippen molar-refractivity contribution in [3.63, 3.8) is 0 Å². The Balaban J connectivity index is 1.35. The van der Waals surface area contributed by atoms with Gasteiger partial charge in [0.1, 0.15) is 24.9 Å². The molecule has 2 aromatic carbocycles. The zero-order valence-electron chi connectivity index (χ0n) is 17.4. The highest BCUT2D eigenvalue weighted by Crippen LogP contribution is 2.38. The highest BCUT2D eigenvalue weighted by atomic mass is 35.5. The molecule has 3 heterocycles. The molecule has 0 saturated carbocycles. The number of carbonyl (C=O) groups excluding carboxylic acids is 1. The predicted molar refractivity (Wildman–Crippen MR) is 118 cm³/mol. The third kappa shape index (κ3) is 4.14. The summed E-state index contributed by atoms with van der Waals surface area (Å²) in [4.78, 5) is 12.7. The summed E-state index contributed by atoms with van der Waals surface area (Å²) in [7, 11) is 0. The van der Waals surface area contributed by atoms with Gasteiger partial charge in [-0.2, -0.15) is 0 Å². The number of nitrogens with zero attached hydrogens (tertiary/aromatic N) is 3. The van der Waals surface area contributed by atoms with Crippen molar-refractivity contribution in [3.05, 3.63) is 52.6 Å². The normalized spacial score (nSPS) is 15.1. The van der Waals surface area contributed by atoms with E-state index in [2.05, 4.69) is 20.1 Å². The minimum absolute atomic E-state index is 0.0142. The molecule has 166 valence electrons. The summed E-state index contributed by atoms with van der Waals surface area (Å²) in [5.74, 6) is 1.74. The topological polar surface area (TPSA) is 78.3 Å². The molecule has 1 amide bonds. The van der Waals surface area contributed by atoms with Gasteiger partial charge in [-0.25, -0.2) is 4.39 Å². The van der Waals surface area contributed by atoms with Crippen molar-refractivity contribution in [1.82, 2.24) is 14.8 Å². The SMILES string of the molecule is O=C(Cc1cc(Cl)c2c(c1)OCCO2)Nc1cc(-c2nnc3n2CCCCC3)ccc1F. The lowest BCUT2D eigenvalue weighted by atomic mass is 10.1. The molecule has 2 aliphatic rings. The lowest BCUT2D eigenvalue weighted by molar-refractivity contribution is -0.115. The van der Waals surface area contributed by atoms with Gasteiger partial charge in [-0.05, 0) is 48.7 Å². The van der Waals surface area contributed by atoms with E-state index in [4.69, 9.17) is 21.1 Å². The molecule has 0 aliphatic carbocycles. The van der Waals surface area contributed by atoms with Crippen molar-refractivity contribution < 1.29 is 18.7 Å². The Labute approximate surface area is 189 Å². The number of fused-ring (bicyclic) bond motifs is 2. The zero-order valence-corrected chi connectivity index (χ0v) is 18.1. The number of hydrogen-bond donors (Lipinski definition) is 1. The monoisotopic (exact) mass is 456 g/mol. The van der Waals surface area contributed by atoms with Gasteiger partial charge in [-0.15, -0.1) is 10.2 Å². The van der Waals surface area contributed by atoms with Crippen LogP contribution in [0.5, 0.6) is 11.5 Å². The molecule has 0 radical (unpaired) electrons. The van der Waals surface area contributed by atoms with Gasteiger partial charge in [-0.1, -0.05) is 18.0 Å². The number of carbonyl (C=O) groups is 1. The lowest BCUT2D eigenvalue weighted by Crippen LogP contribution is -2.18. The summed E-state index contributed by atoms with van der Waals surface area (Å²) >= 11 is 6.25. The first-order valence-electron chi connectivity index (χ1n) is 10.7. The first-order chi connectivity index (χ1) is 15.6. The molecule has 9 heteroatoms. The van der Waals surface area contributed by atoms with Crippen molar-refractivity contribution >= 4 is 23.2 Å². The molecule has 5 rings (SSSR count). The summed E-state index contributed by atoms with van der Waals surface area (Å²) in [6.07, 6.45) is 4.20. The molecule has 0 unspecified atom stereocenters. The molecule has 1 N–H and O–H groups in total. The van der Waals surface area contributed by atoms with Gasteiger partial charge in [0.05, 0.1) is 17.1 Å². The minimum atomic E-state index is -0.516. The fraction of sp³-hybridized carbons (Fsp3) is 0.348. The van der Waals surface area contributed by atoms with E-state index in [0.29, 0.717) is 46.7 Å². The van der Waals surface area contributed by atoms with Crippen molar-refractivity contribution in [2.45, 2.75) is 38.6 Å². The van der Waals surface area contributed by atoms with Crippen molar-refractivity contribution in [2.24, 2.45) is 0 Å². The Bertz CT molecular complexity index is 1180. The number of aryl methyl sites for hydroxylation is 1. The minimum Gasteiger partial charge on any atom is -0.486 e. The van der Waals surface area contributed by atoms with Crippen LogP contribution in [-0.4, -0.2) is 33.9 Å². The van der Waals surface area contributed by atoms with E-state index in [0.717, 1.165) is 38.1 Å². The van der Waals surface area contributed by atoms with Gasteiger partial charge in [0.25, 0.3) is 0 Å². The Hall–Kier alpha value is -3.13. The van der Waals surface area contributed by atoms with E-state index in [1.807, 2.05) is 0 Å². The number of benzene rings is 2. The zero-order chi connectivity index (χ0) is 22.1. The van der Waals surface area contributed by atoms with Gasteiger partial charge in [0.2, 0.25) is 5.91 Å². The molecule has 2 aliphatic heterocycles. The molecular formula is C23H22ClFN4O3. The van der Waals surface area contributed by atoms with E-state index < -0.39 is 5.82 Å².